The minimum atomic E-state index is -0.123. The third-order valence-corrected chi connectivity index (χ3v) is 7.09. The number of fused-ring (bicyclic) bond motifs is 2. The fourth-order valence-corrected chi connectivity index (χ4v) is 5.16. The zero-order valence-electron chi connectivity index (χ0n) is 21.6. The Balaban J connectivity index is 1.40. The Kier molecular flexibility index (Phi) is 5.96. The fraction of sp³-hybridized carbons (Fsp3) is 0.161. The molecule has 3 aromatic carbocycles. The molecule has 0 fully saturated rings. The molecule has 38 heavy (non-hydrogen) atoms. The van der Waals surface area contributed by atoms with E-state index in [9.17, 15) is 4.79 Å². The third kappa shape index (κ3) is 4.02. The number of aromatic amines is 1. The normalized spacial score (nSPS) is 14.6. The number of aromatic nitrogens is 2. The summed E-state index contributed by atoms with van der Waals surface area (Å²) in [6.07, 6.45) is 6.62. The number of para-hydroxylation sites is 2. The van der Waals surface area contributed by atoms with Crippen LogP contribution < -0.4 is 9.47 Å². The maximum absolute atomic E-state index is 13.8. The number of benzene rings is 3. The number of aryl methyl sites for hydroxylation is 1. The summed E-state index contributed by atoms with van der Waals surface area (Å²) in [6.45, 7) is 0.487. The number of amides is 1. The summed E-state index contributed by atoms with van der Waals surface area (Å²) in [5, 5.41) is 2.24. The summed E-state index contributed by atoms with van der Waals surface area (Å²) in [6, 6.07) is 22.0. The number of amidine groups is 1. The average molecular weight is 505 g/mol. The van der Waals surface area contributed by atoms with Crippen molar-refractivity contribution >= 4 is 39.6 Å². The monoisotopic (exact) mass is 504 g/mol. The van der Waals surface area contributed by atoms with E-state index in [1.807, 2.05) is 68.0 Å². The molecule has 0 radical (unpaired) electrons. The summed E-state index contributed by atoms with van der Waals surface area (Å²) in [7, 11) is 5.21. The van der Waals surface area contributed by atoms with E-state index in [0.29, 0.717) is 36.0 Å². The van der Waals surface area contributed by atoms with Crippen LogP contribution in [0.15, 0.2) is 89.8 Å². The highest BCUT2D eigenvalue weighted by Gasteiger charge is 2.32. The van der Waals surface area contributed by atoms with Crippen molar-refractivity contribution in [1.82, 2.24) is 14.5 Å². The lowest BCUT2D eigenvalue weighted by atomic mass is 10.1. The molecule has 0 bridgehead atoms. The van der Waals surface area contributed by atoms with E-state index < -0.39 is 0 Å². The molecule has 7 nitrogen and oxygen atoms in total. The number of aliphatic imine (C=N–C) groups is 1. The maximum atomic E-state index is 13.8. The van der Waals surface area contributed by atoms with E-state index in [0.717, 1.165) is 38.5 Å². The average Bonchev–Trinajstić information content (AvgIpc) is 3.61. The van der Waals surface area contributed by atoms with Crippen LogP contribution in [0.25, 0.3) is 27.9 Å². The molecule has 0 saturated carbocycles. The lowest BCUT2D eigenvalue weighted by Crippen LogP contribution is -2.34. The Bertz CT molecular complexity index is 1740. The summed E-state index contributed by atoms with van der Waals surface area (Å²) in [4.78, 5) is 23.8. The Morgan fingerprint density at radius 1 is 0.947 bits per heavy atom. The minimum Gasteiger partial charge on any atom is -0.493 e. The number of methoxy groups -OCH3 is 2. The third-order valence-electron chi connectivity index (χ3n) is 7.09. The molecule has 1 N–H and O–H groups in total. The van der Waals surface area contributed by atoms with Crippen molar-refractivity contribution in [2.24, 2.45) is 12.0 Å². The van der Waals surface area contributed by atoms with Gasteiger partial charge in [-0.1, -0.05) is 36.4 Å². The number of ether oxygens (including phenoxy) is 2. The fourth-order valence-electron chi connectivity index (χ4n) is 5.16. The molecule has 6 rings (SSSR count). The Hall–Kier alpha value is -4.78. The highest BCUT2D eigenvalue weighted by atomic mass is 16.5. The highest BCUT2D eigenvalue weighted by Crippen LogP contribution is 2.32. The molecule has 1 aliphatic rings. The maximum Gasteiger partial charge on any atom is 0.278 e. The van der Waals surface area contributed by atoms with E-state index >= 15 is 0 Å². The van der Waals surface area contributed by atoms with Gasteiger partial charge in [0.1, 0.15) is 11.5 Å². The van der Waals surface area contributed by atoms with E-state index in [-0.39, 0.29) is 5.91 Å². The molecule has 5 aromatic rings. The topological polar surface area (TPSA) is 71.9 Å². The molecule has 1 aliphatic heterocycles. The Morgan fingerprint density at radius 2 is 1.71 bits per heavy atom. The van der Waals surface area contributed by atoms with Gasteiger partial charge in [-0.3, -0.25) is 9.69 Å². The van der Waals surface area contributed by atoms with Crippen LogP contribution in [0.3, 0.4) is 0 Å². The van der Waals surface area contributed by atoms with Crippen LogP contribution in [0.5, 0.6) is 11.5 Å². The predicted molar refractivity (Wildman–Crippen MR) is 151 cm³/mol. The van der Waals surface area contributed by atoms with Crippen molar-refractivity contribution in [2.75, 3.05) is 20.8 Å². The molecule has 7 heteroatoms. The lowest BCUT2D eigenvalue weighted by molar-refractivity contribution is -0.122. The molecule has 3 heterocycles. The SMILES string of the molecule is COc1ccc(C2=NC(=Cc3cn(C)c4ccccc34)C(=O)N2CCc2c[nH]c3ccccc23)cc1OC. The van der Waals surface area contributed by atoms with Gasteiger partial charge >= 0.3 is 0 Å². The lowest BCUT2D eigenvalue weighted by Gasteiger charge is -2.19. The Morgan fingerprint density at radius 3 is 2.53 bits per heavy atom. The molecule has 1 amide bonds. The predicted octanol–water partition coefficient (Wildman–Crippen LogP) is 5.55. The molecular formula is C31H28N4O3. The van der Waals surface area contributed by atoms with E-state index in [1.54, 1.807) is 19.1 Å². The zero-order valence-corrected chi connectivity index (χ0v) is 21.6. The molecule has 0 spiro atoms. The largest absolute Gasteiger partial charge is 0.493 e. The molecule has 0 unspecified atom stereocenters. The van der Waals surface area contributed by atoms with Crippen LogP contribution in [-0.4, -0.2) is 47.0 Å². The number of carbonyl (C=O) groups is 1. The van der Waals surface area contributed by atoms with Gasteiger partial charge in [0.15, 0.2) is 11.5 Å². The molecule has 0 atom stereocenters. The second-order valence-electron chi connectivity index (χ2n) is 9.31. The molecule has 190 valence electrons. The van der Waals surface area contributed by atoms with Gasteiger partial charge in [0, 0.05) is 58.9 Å². The standard InChI is InChI=1S/C31H28N4O3/c1-34-19-22(24-9-5-7-11-27(24)34)16-26-31(36)35(15-14-21-18-32-25-10-6-4-8-23(21)25)30(33-26)20-12-13-28(37-2)29(17-20)38-3/h4-13,16-19,32H,14-15H2,1-3H3. The quantitative estimate of drug-likeness (QED) is 0.296. The summed E-state index contributed by atoms with van der Waals surface area (Å²) in [5.74, 6) is 1.69. The Labute approximate surface area is 220 Å². The van der Waals surface area contributed by atoms with E-state index in [1.165, 1.54) is 0 Å². The summed E-state index contributed by atoms with van der Waals surface area (Å²) in [5.41, 5.74) is 5.50. The molecular weight excluding hydrogens is 476 g/mol. The van der Waals surface area contributed by atoms with Crippen molar-refractivity contribution in [3.8, 4) is 11.5 Å². The zero-order chi connectivity index (χ0) is 26.2. The highest BCUT2D eigenvalue weighted by molar-refractivity contribution is 6.20. The molecule has 0 saturated heterocycles. The van der Waals surface area contributed by atoms with Crippen molar-refractivity contribution in [2.45, 2.75) is 6.42 Å². The van der Waals surface area contributed by atoms with E-state index in [2.05, 4.69) is 33.8 Å². The first-order chi connectivity index (χ1) is 18.6. The number of nitrogens with one attached hydrogen (secondary N) is 1. The summed E-state index contributed by atoms with van der Waals surface area (Å²) < 4.78 is 13.0. The van der Waals surface area contributed by atoms with Gasteiger partial charge in [0.05, 0.1) is 14.2 Å². The summed E-state index contributed by atoms with van der Waals surface area (Å²) >= 11 is 0. The first-order valence-corrected chi connectivity index (χ1v) is 12.5. The van der Waals surface area contributed by atoms with Gasteiger partial charge in [-0.05, 0) is 48.4 Å². The van der Waals surface area contributed by atoms with Crippen molar-refractivity contribution in [3.63, 3.8) is 0 Å². The smallest absolute Gasteiger partial charge is 0.278 e. The van der Waals surface area contributed by atoms with E-state index in [4.69, 9.17) is 14.5 Å². The number of nitrogens with zero attached hydrogens (tertiary/aromatic N) is 3. The van der Waals surface area contributed by atoms with Gasteiger partial charge < -0.3 is 19.0 Å². The first kappa shape index (κ1) is 23.6. The van der Waals surface area contributed by atoms with Gasteiger partial charge in [-0.15, -0.1) is 0 Å². The van der Waals surface area contributed by atoms with Crippen molar-refractivity contribution < 1.29 is 14.3 Å². The van der Waals surface area contributed by atoms with Crippen LogP contribution >= 0.6 is 0 Å². The van der Waals surface area contributed by atoms with Crippen LogP contribution in [0.4, 0.5) is 0 Å². The van der Waals surface area contributed by atoms with Gasteiger partial charge in [-0.2, -0.15) is 0 Å². The number of hydrogen-bond donors (Lipinski definition) is 1. The number of H-pyrrole nitrogens is 1. The van der Waals surface area contributed by atoms with Crippen LogP contribution in [0.2, 0.25) is 0 Å². The number of carbonyl (C=O) groups excluding carboxylic acids is 1. The van der Waals surface area contributed by atoms with Crippen LogP contribution in [0, 0.1) is 0 Å². The van der Waals surface area contributed by atoms with Crippen molar-refractivity contribution in [1.29, 1.82) is 0 Å². The van der Waals surface area contributed by atoms with Gasteiger partial charge in [0.2, 0.25) is 0 Å². The second-order valence-corrected chi connectivity index (χ2v) is 9.31. The second kappa shape index (κ2) is 9.59. The van der Waals surface area contributed by atoms with Gasteiger partial charge in [-0.25, -0.2) is 4.99 Å². The molecule has 0 aliphatic carbocycles. The number of hydrogen-bond acceptors (Lipinski definition) is 4. The van der Waals surface area contributed by atoms with Gasteiger partial charge in [0.25, 0.3) is 5.91 Å². The number of rotatable bonds is 7. The molecule has 2 aromatic heterocycles. The van der Waals surface area contributed by atoms with Crippen LogP contribution in [0.1, 0.15) is 16.7 Å². The first-order valence-electron chi connectivity index (χ1n) is 12.5. The minimum absolute atomic E-state index is 0.123. The van der Waals surface area contributed by atoms with Crippen molar-refractivity contribution in [3.05, 3.63) is 102 Å². The van der Waals surface area contributed by atoms with Crippen LogP contribution in [-0.2, 0) is 18.3 Å².